The molecule has 0 saturated carbocycles. The minimum Gasteiger partial charge on any atom is -0.467 e. The first-order valence-corrected chi connectivity index (χ1v) is 10.3. The second-order valence-corrected chi connectivity index (χ2v) is 8.62. The van der Waals surface area contributed by atoms with E-state index in [0.29, 0.717) is 19.6 Å². The van der Waals surface area contributed by atoms with Crippen LogP contribution < -0.4 is 15.4 Å². The van der Waals surface area contributed by atoms with Crippen LogP contribution in [0.25, 0.3) is 0 Å². The van der Waals surface area contributed by atoms with E-state index in [1.807, 2.05) is 11.8 Å². The van der Waals surface area contributed by atoms with Gasteiger partial charge in [0.05, 0.1) is 13.2 Å². The molecule has 1 saturated heterocycles. The number of aliphatic imine (C=N–C) groups is 1. The fraction of sp³-hybridized carbons (Fsp3) is 0.632. The molecule has 152 valence electrons. The molecule has 1 atom stereocenters. The Balaban J connectivity index is 0.00000261. The van der Waals surface area contributed by atoms with E-state index in [4.69, 9.17) is 14.5 Å². The molecule has 5 nitrogen and oxygen atoms in total. The third-order valence-corrected chi connectivity index (χ3v) is 6.18. The highest BCUT2D eigenvalue weighted by Gasteiger charge is 2.29. The molecule has 0 radical (unpaired) electrons. The number of guanidine groups is 1. The van der Waals surface area contributed by atoms with Crippen LogP contribution in [0.1, 0.15) is 37.8 Å². The predicted molar refractivity (Wildman–Crippen MR) is 120 cm³/mol. The third kappa shape index (κ3) is 6.39. The maximum absolute atomic E-state index is 13.8. The van der Waals surface area contributed by atoms with Gasteiger partial charge in [-0.05, 0) is 56.6 Å². The number of rotatable bonds is 6. The molecule has 2 heterocycles. The standard InChI is InChI=1S/C19H28FN3O2S.HI/c1-3-21-18(23-12-19(2)6-4-8-26-19)22-7-5-14-9-16(20)10-15-11-24-13-25-17(14)15;/h9-10H,3-8,11-13H2,1-2H3,(H2,21,22,23);1H. The first kappa shape index (κ1) is 22.5. The lowest BCUT2D eigenvalue weighted by Crippen LogP contribution is -2.39. The number of ether oxygens (including phenoxy) is 2. The molecule has 1 fully saturated rings. The minimum absolute atomic E-state index is 0. The first-order chi connectivity index (χ1) is 12.6. The number of halogens is 2. The molecule has 27 heavy (non-hydrogen) atoms. The molecular weight excluding hydrogens is 480 g/mol. The summed E-state index contributed by atoms with van der Waals surface area (Å²) in [6, 6.07) is 3.03. The average molecular weight is 509 g/mol. The molecule has 1 aromatic carbocycles. The van der Waals surface area contributed by atoms with E-state index in [9.17, 15) is 4.39 Å². The van der Waals surface area contributed by atoms with Gasteiger partial charge in [0.1, 0.15) is 11.6 Å². The van der Waals surface area contributed by atoms with Crippen molar-refractivity contribution in [2.45, 2.75) is 44.5 Å². The summed E-state index contributed by atoms with van der Waals surface area (Å²) in [7, 11) is 0. The smallest absolute Gasteiger partial charge is 0.191 e. The Hall–Kier alpha value is -0.740. The van der Waals surface area contributed by atoms with Gasteiger partial charge in [0.15, 0.2) is 12.8 Å². The van der Waals surface area contributed by atoms with Crippen molar-refractivity contribution in [2.24, 2.45) is 4.99 Å². The second-order valence-electron chi connectivity index (χ2n) is 6.94. The van der Waals surface area contributed by atoms with Crippen LogP contribution in [0.15, 0.2) is 17.1 Å². The molecule has 1 aromatic rings. The van der Waals surface area contributed by atoms with Crippen LogP contribution in [0.4, 0.5) is 4.39 Å². The van der Waals surface area contributed by atoms with E-state index in [0.717, 1.165) is 35.9 Å². The predicted octanol–water partition coefficient (Wildman–Crippen LogP) is 3.69. The van der Waals surface area contributed by atoms with Crippen molar-refractivity contribution in [2.75, 3.05) is 32.2 Å². The van der Waals surface area contributed by atoms with E-state index in [-0.39, 0.29) is 41.3 Å². The quantitative estimate of drug-likeness (QED) is 0.348. The highest BCUT2D eigenvalue weighted by molar-refractivity contribution is 14.0. The Morgan fingerprint density at radius 1 is 1.37 bits per heavy atom. The van der Waals surface area contributed by atoms with Gasteiger partial charge in [-0.15, -0.1) is 24.0 Å². The zero-order chi connectivity index (χ0) is 18.4. The van der Waals surface area contributed by atoms with E-state index in [2.05, 4.69) is 24.5 Å². The molecule has 0 bridgehead atoms. The van der Waals surface area contributed by atoms with Crippen molar-refractivity contribution in [3.05, 3.63) is 29.1 Å². The Labute approximate surface area is 182 Å². The van der Waals surface area contributed by atoms with Gasteiger partial charge in [0.25, 0.3) is 0 Å². The van der Waals surface area contributed by atoms with Crippen molar-refractivity contribution >= 4 is 41.7 Å². The van der Waals surface area contributed by atoms with Crippen molar-refractivity contribution in [1.82, 2.24) is 10.6 Å². The summed E-state index contributed by atoms with van der Waals surface area (Å²) in [5.41, 5.74) is 1.64. The lowest BCUT2D eigenvalue weighted by atomic mass is 10.1. The summed E-state index contributed by atoms with van der Waals surface area (Å²) >= 11 is 2.01. The lowest BCUT2D eigenvalue weighted by Gasteiger charge is -2.22. The number of benzene rings is 1. The van der Waals surface area contributed by atoms with Crippen molar-refractivity contribution in [1.29, 1.82) is 0 Å². The monoisotopic (exact) mass is 509 g/mol. The van der Waals surface area contributed by atoms with Gasteiger partial charge in [0, 0.05) is 23.4 Å². The van der Waals surface area contributed by atoms with Crippen LogP contribution in [0.3, 0.4) is 0 Å². The number of nitrogens with one attached hydrogen (secondary N) is 2. The highest BCUT2D eigenvalue weighted by Crippen LogP contribution is 2.37. The Kier molecular flexibility index (Phi) is 8.94. The van der Waals surface area contributed by atoms with Crippen LogP contribution in [0.2, 0.25) is 0 Å². The molecule has 0 aliphatic carbocycles. The second kappa shape index (κ2) is 10.7. The molecule has 0 spiro atoms. The molecule has 3 rings (SSSR count). The Bertz CT molecular complexity index is 654. The molecular formula is C19H29FIN3O2S. The number of nitrogens with zero attached hydrogens (tertiary/aromatic N) is 1. The van der Waals surface area contributed by atoms with E-state index < -0.39 is 0 Å². The summed E-state index contributed by atoms with van der Waals surface area (Å²) in [4.78, 5) is 4.75. The van der Waals surface area contributed by atoms with Gasteiger partial charge in [-0.25, -0.2) is 4.39 Å². The lowest BCUT2D eigenvalue weighted by molar-refractivity contribution is -0.0172. The van der Waals surface area contributed by atoms with E-state index in [1.165, 1.54) is 24.7 Å². The number of hydrogen-bond acceptors (Lipinski definition) is 4. The van der Waals surface area contributed by atoms with Crippen LogP contribution in [-0.4, -0.2) is 42.9 Å². The van der Waals surface area contributed by atoms with Crippen LogP contribution >= 0.6 is 35.7 Å². The molecule has 0 aromatic heterocycles. The summed E-state index contributed by atoms with van der Waals surface area (Å²) in [5.74, 6) is 2.55. The van der Waals surface area contributed by atoms with Gasteiger partial charge >= 0.3 is 0 Å². The molecule has 2 aliphatic rings. The SMILES string of the molecule is CCNC(=NCC1(C)CCCS1)NCCc1cc(F)cc2c1OCOC2.I. The van der Waals surface area contributed by atoms with Crippen LogP contribution in [-0.2, 0) is 17.8 Å². The van der Waals surface area contributed by atoms with Crippen molar-refractivity contribution in [3.63, 3.8) is 0 Å². The van der Waals surface area contributed by atoms with Gasteiger partial charge < -0.3 is 20.1 Å². The van der Waals surface area contributed by atoms with E-state index in [1.54, 1.807) is 6.07 Å². The maximum Gasteiger partial charge on any atom is 0.191 e. The van der Waals surface area contributed by atoms with Gasteiger partial charge in [0.2, 0.25) is 0 Å². The van der Waals surface area contributed by atoms with Crippen LogP contribution in [0.5, 0.6) is 5.75 Å². The molecule has 1 unspecified atom stereocenters. The van der Waals surface area contributed by atoms with Gasteiger partial charge in [-0.1, -0.05) is 0 Å². The van der Waals surface area contributed by atoms with Crippen molar-refractivity contribution < 1.29 is 13.9 Å². The third-order valence-electron chi connectivity index (χ3n) is 4.65. The Morgan fingerprint density at radius 3 is 2.96 bits per heavy atom. The summed E-state index contributed by atoms with van der Waals surface area (Å²) in [6.07, 6.45) is 3.15. The molecule has 0 amide bonds. The summed E-state index contributed by atoms with van der Waals surface area (Å²) < 4.78 is 24.9. The first-order valence-electron chi connectivity index (χ1n) is 9.27. The molecule has 2 N–H and O–H groups in total. The number of thioether (sulfide) groups is 1. The normalized spacial score (nSPS) is 21.8. The van der Waals surface area contributed by atoms with Crippen molar-refractivity contribution in [3.8, 4) is 5.75 Å². The summed E-state index contributed by atoms with van der Waals surface area (Å²) in [6.45, 7) is 7.24. The largest absolute Gasteiger partial charge is 0.467 e. The van der Waals surface area contributed by atoms with Gasteiger partial charge in [-0.3, -0.25) is 4.99 Å². The minimum atomic E-state index is -0.250. The highest BCUT2D eigenvalue weighted by atomic mass is 127. The fourth-order valence-corrected chi connectivity index (χ4v) is 4.53. The zero-order valence-electron chi connectivity index (χ0n) is 16.0. The average Bonchev–Trinajstić information content (AvgIpc) is 3.06. The zero-order valence-corrected chi connectivity index (χ0v) is 19.1. The fourth-order valence-electron chi connectivity index (χ4n) is 3.31. The topological polar surface area (TPSA) is 54.9 Å². The maximum atomic E-state index is 13.8. The number of hydrogen-bond donors (Lipinski definition) is 2. The van der Waals surface area contributed by atoms with Gasteiger partial charge in [-0.2, -0.15) is 11.8 Å². The summed E-state index contributed by atoms with van der Waals surface area (Å²) in [5, 5.41) is 6.65. The Morgan fingerprint density at radius 2 is 2.22 bits per heavy atom. The molecule has 2 aliphatic heterocycles. The van der Waals surface area contributed by atoms with Crippen LogP contribution in [0, 0.1) is 5.82 Å². The number of fused-ring (bicyclic) bond motifs is 1. The molecule has 8 heteroatoms. The van der Waals surface area contributed by atoms with E-state index >= 15 is 0 Å².